The van der Waals surface area contributed by atoms with Gasteiger partial charge in [-0.25, -0.2) is 0 Å². The van der Waals surface area contributed by atoms with Gasteiger partial charge in [0.1, 0.15) is 6.42 Å². The third kappa shape index (κ3) is 6.55. The Labute approximate surface area is 101 Å². The number of carbonyl (C=O) groups is 3. The largest absolute Gasteiger partial charge is 0.481 e. The molecule has 0 fully saturated rings. The van der Waals surface area contributed by atoms with Crippen molar-refractivity contribution in [3.8, 4) is 0 Å². The van der Waals surface area contributed by atoms with E-state index < -0.39 is 18.3 Å². The number of carboxylic acid groups (broad SMARTS) is 1. The predicted octanol–water partition coefficient (Wildman–Crippen LogP) is 0.651. The molecular formula is C11H19NO5. The Morgan fingerprint density at radius 3 is 2.29 bits per heavy atom. The van der Waals surface area contributed by atoms with Crippen LogP contribution in [0, 0.1) is 0 Å². The fourth-order valence-electron chi connectivity index (χ4n) is 1.35. The number of aliphatic carboxylic acids is 1. The van der Waals surface area contributed by atoms with E-state index in [1.807, 2.05) is 0 Å². The average Bonchev–Trinajstić information content (AvgIpc) is 2.16. The molecule has 1 amide bonds. The third-order valence-electron chi connectivity index (χ3n) is 2.11. The van der Waals surface area contributed by atoms with E-state index >= 15 is 0 Å². The van der Waals surface area contributed by atoms with Gasteiger partial charge >= 0.3 is 11.9 Å². The van der Waals surface area contributed by atoms with Gasteiger partial charge in [-0.3, -0.25) is 14.4 Å². The minimum atomic E-state index is -1.17. The van der Waals surface area contributed by atoms with E-state index in [1.54, 1.807) is 20.8 Å². The number of hydrogen-bond acceptors (Lipinski definition) is 4. The van der Waals surface area contributed by atoms with Crippen molar-refractivity contribution in [3.05, 3.63) is 0 Å². The molecule has 0 aliphatic heterocycles. The average molecular weight is 245 g/mol. The fourth-order valence-corrected chi connectivity index (χ4v) is 1.35. The highest BCUT2D eigenvalue weighted by atomic mass is 16.5. The van der Waals surface area contributed by atoms with E-state index in [0.29, 0.717) is 6.61 Å². The lowest BCUT2D eigenvalue weighted by atomic mass is 10.2. The van der Waals surface area contributed by atoms with Crippen LogP contribution in [-0.4, -0.2) is 47.0 Å². The lowest BCUT2D eigenvalue weighted by Gasteiger charge is -2.25. The first-order valence-electron chi connectivity index (χ1n) is 5.55. The molecule has 0 bridgehead atoms. The highest BCUT2D eigenvalue weighted by Crippen LogP contribution is 2.04. The lowest BCUT2D eigenvalue weighted by Crippen LogP contribution is -2.39. The Hall–Kier alpha value is -1.59. The van der Waals surface area contributed by atoms with Crippen LogP contribution in [0.25, 0.3) is 0 Å². The zero-order valence-corrected chi connectivity index (χ0v) is 10.4. The smallest absolute Gasteiger partial charge is 0.312 e. The van der Waals surface area contributed by atoms with Crippen molar-refractivity contribution in [2.45, 2.75) is 39.7 Å². The normalized spacial score (nSPS) is 10.1. The number of amides is 1. The molecule has 0 aromatic carbocycles. The van der Waals surface area contributed by atoms with E-state index in [-0.39, 0.29) is 25.0 Å². The zero-order valence-electron chi connectivity index (χ0n) is 10.4. The monoisotopic (exact) mass is 245 g/mol. The highest BCUT2D eigenvalue weighted by molar-refractivity contribution is 5.93. The number of rotatable bonds is 7. The summed E-state index contributed by atoms with van der Waals surface area (Å²) >= 11 is 0. The zero-order chi connectivity index (χ0) is 13.4. The third-order valence-corrected chi connectivity index (χ3v) is 2.11. The Morgan fingerprint density at radius 1 is 1.29 bits per heavy atom. The van der Waals surface area contributed by atoms with Gasteiger partial charge in [0.25, 0.3) is 0 Å². The summed E-state index contributed by atoms with van der Waals surface area (Å²) in [6, 6.07) is -0.142. The molecule has 0 aromatic heterocycles. The van der Waals surface area contributed by atoms with Gasteiger partial charge in [-0.05, 0) is 20.8 Å². The summed E-state index contributed by atoms with van der Waals surface area (Å²) in [6.07, 6.45) is -0.474. The Kier molecular flexibility index (Phi) is 6.93. The van der Waals surface area contributed by atoms with E-state index in [2.05, 4.69) is 0 Å². The van der Waals surface area contributed by atoms with Crippen molar-refractivity contribution in [1.82, 2.24) is 4.90 Å². The van der Waals surface area contributed by atoms with E-state index in [4.69, 9.17) is 9.84 Å². The number of ether oxygens (including phenoxy) is 1. The van der Waals surface area contributed by atoms with Gasteiger partial charge in [-0.1, -0.05) is 0 Å². The van der Waals surface area contributed by atoms with Crippen LogP contribution < -0.4 is 0 Å². The van der Waals surface area contributed by atoms with Crippen molar-refractivity contribution in [2.75, 3.05) is 13.2 Å². The summed E-state index contributed by atoms with van der Waals surface area (Å²) in [5, 5.41) is 8.54. The lowest BCUT2D eigenvalue weighted by molar-refractivity contribution is -0.146. The van der Waals surface area contributed by atoms with Crippen LogP contribution in [0.1, 0.15) is 33.6 Å². The van der Waals surface area contributed by atoms with Gasteiger partial charge in [-0.15, -0.1) is 0 Å². The first-order valence-corrected chi connectivity index (χ1v) is 5.55. The molecule has 0 spiro atoms. The number of carboxylic acids is 1. The van der Waals surface area contributed by atoms with E-state index in [1.165, 1.54) is 4.90 Å². The molecule has 0 unspecified atom stereocenters. The molecule has 6 heteroatoms. The molecule has 0 saturated carbocycles. The quantitative estimate of drug-likeness (QED) is 0.526. The molecule has 0 saturated heterocycles. The second-order valence-electron chi connectivity index (χ2n) is 3.81. The van der Waals surface area contributed by atoms with Gasteiger partial charge in [-0.2, -0.15) is 0 Å². The maximum atomic E-state index is 11.6. The summed E-state index contributed by atoms with van der Waals surface area (Å²) in [5.74, 6) is -2.05. The molecule has 0 radical (unpaired) electrons. The van der Waals surface area contributed by atoms with E-state index in [0.717, 1.165) is 0 Å². The molecule has 1 N–H and O–H groups in total. The van der Waals surface area contributed by atoms with Crippen molar-refractivity contribution < 1.29 is 24.2 Å². The van der Waals surface area contributed by atoms with Gasteiger partial charge in [0.2, 0.25) is 5.91 Å². The molecular weight excluding hydrogens is 226 g/mol. The second-order valence-corrected chi connectivity index (χ2v) is 3.81. The van der Waals surface area contributed by atoms with Crippen LogP contribution in [0.15, 0.2) is 0 Å². The van der Waals surface area contributed by atoms with Crippen LogP contribution in [0.4, 0.5) is 0 Å². The van der Waals surface area contributed by atoms with Gasteiger partial charge < -0.3 is 14.7 Å². The minimum absolute atomic E-state index is 0.0807. The second kappa shape index (κ2) is 7.65. The number of nitrogens with zero attached hydrogens (tertiary/aromatic N) is 1. The number of carbonyl (C=O) groups excluding carboxylic acids is 2. The standard InChI is InChI=1S/C11H19NO5/c1-4-17-11(16)5-6-12(8(2)3)9(13)7-10(14)15/h8H,4-7H2,1-3H3,(H,14,15). The topological polar surface area (TPSA) is 83.9 Å². The van der Waals surface area contributed by atoms with Crippen molar-refractivity contribution in [1.29, 1.82) is 0 Å². The maximum Gasteiger partial charge on any atom is 0.312 e. The molecule has 98 valence electrons. The van der Waals surface area contributed by atoms with Crippen molar-refractivity contribution in [3.63, 3.8) is 0 Å². The molecule has 0 aliphatic carbocycles. The van der Waals surface area contributed by atoms with Crippen LogP contribution in [0.2, 0.25) is 0 Å². The van der Waals surface area contributed by atoms with Gasteiger partial charge in [0, 0.05) is 12.6 Å². The summed E-state index contributed by atoms with van der Waals surface area (Å²) in [5.41, 5.74) is 0. The SMILES string of the molecule is CCOC(=O)CCN(C(=O)CC(=O)O)C(C)C. The molecule has 0 heterocycles. The van der Waals surface area contributed by atoms with Gasteiger partial charge in [0.15, 0.2) is 0 Å². The first kappa shape index (κ1) is 15.4. The van der Waals surface area contributed by atoms with Crippen LogP contribution in [0.5, 0.6) is 0 Å². The molecule has 0 aliphatic rings. The van der Waals surface area contributed by atoms with Crippen LogP contribution in [0.3, 0.4) is 0 Å². The number of esters is 1. The molecule has 0 atom stereocenters. The van der Waals surface area contributed by atoms with Crippen molar-refractivity contribution in [2.24, 2.45) is 0 Å². The Morgan fingerprint density at radius 2 is 1.88 bits per heavy atom. The molecule has 0 aromatic rings. The predicted molar refractivity (Wildman–Crippen MR) is 60.4 cm³/mol. The maximum absolute atomic E-state index is 11.6. The van der Waals surface area contributed by atoms with Gasteiger partial charge in [0.05, 0.1) is 13.0 Å². The summed E-state index contributed by atoms with van der Waals surface area (Å²) < 4.78 is 4.74. The summed E-state index contributed by atoms with van der Waals surface area (Å²) in [4.78, 5) is 34.5. The molecule has 0 rings (SSSR count). The minimum Gasteiger partial charge on any atom is -0.481 e. The molecule has 6 nitrogen and oxygen atoms in total. The van der Waals surface area contributed by atoms with Crippen LogP contribution in [-0.2, 0) is 19.1 Å². The summed E-state index contributed by atoms with van der Waals surface area (Å²) in [6.45, 7) is 5.72. The van der Waals surface area contributed by atoms with E-state index in [9.17, 15) is 14.4 Å². The fraction of sp³-hybridized carbons (Fsp3) is 0.727. The summed E-state index contributed by atoms with van der Waals surface area (Å²) in [7, 11) is 0. The number of hydrogen-bond donors (Lipinski definition) is 1. The molecule has 17 heavy (non-hydrogen) atoms. The first-order chi connectivity index (χ1) is 7.88. The highest BCUT2D eigenvalue weighted by Gasteiger charge is 2.20. The van der Waals surface area contributed by atoms with Crippen LogP contribution >= 0.6 is 0 Å². The Balaban J connectivity index is 4.29. The van der Waals surface area contributed by atoms with Crippen molar-refractivity contribution >= 4 is 17.8 Å². The Bertz CT molecular complexity index is 288.